The molecule has 0 spiro atoms. The number of hydrogen-bond donors (Lipinski definition) is 0. The quantitative estimate of drug-likeness (QED) is 0.792. The minimum Gasteiger partial charge on any atom is -0.496 e. The SMILES string of the molecule is COc1ccccc1CC(=O)N(CC1CCOC1)C1CCN(C)CC1. The zero-order chi connectivity index (χ0) is 17.6. The van der Waals surface area contributed by atoms with Crippen molar-refractivity contribution in [1.82, 2.24) is 9.80 Å². The Bertz CT molecular complexity index is 564. The molecule has 0 aromatic heterocycles. The number of methoxy groups -OCH3 is 1. The van der Waals surface area contributed by atoms with Gasteiger partial charge in [-0.05, 0) is 45.5 Å². The number of amides is 1. The molecule has 2 fully saturated rings. The number of piperidine rings is 1. The molecule has 1 aromatic carbocycles. The van der Waals surface area contributed by atoms with Gasteiger partial charge in [-0.1, -0.05) is 18.2 Å². The van der Waals surface area contributed by atoms with Gasteiger partial charge >= 0.3 is 0 Å². The molecule has 1 atom stereocenters. The first kappa shape index (κ1) is 18.2. The topological polar surface area (TPSA) is 42.0 Å². The fourth-order valence-corrected chi connectivity index (χ4v) is 3.88. The highest BCUT2D eigenvalue weighted by atomic mass is 16.5. The van der Waals surface area contributed by atoms with Gasteiger partial charge in [0, 0.05) is 30.7 Å². The fraction of sp³-hybridized carbons (Fsp3) is 0.650. The summed E-state index contributed by atoms with van der Waals surface area (Å²) in [6, 6.07) is 8.17. The molecule has 3 rings (SSSR count). The van der Waals surface area contributed by atoms with E-state index >= 15 is 0 Å². The number of carbonyl (C=O) groups excluding carboxylic acids is 1. The van der Waals surface area contributed by atoms with Crippen LogP contribution in [-0.4, -0.2) is 68.8 Å². The number of hydrogen-bond acceptors (Lipinski definition) is 4. The van der Waals surface area contributed by atoms with E-state index in [0.29, 0.717) is 18.4 Å². The van der Waals surface area contributed by atoms with Crippen LogP contribution in [0.3, 0.4) is 0 Å². The molecule has 5 nitrogen and oxygen atoms in total. The molecule has 2 saturated heterocycles. The lowest BCUT2D eigenvalue weighted by Crippen LogP contribution is -2.49. The normalized spacial score (nSPS) is 22.1. The molecule has 0 aliphatic carbocycles. The summed E-state index contributed by atoms with van der Waals surface area (Å²) in [5, 5.41) is 0. The number of benzene rings is 1. The van der Waals surface area contributed by atoms with E-state index in [0.717, 1.165) is 63.4 Å². The third-order valence-electron chi connectivity index (χ3n) is 5.46. The molecule has 1 amide bonds. The molecule has 2 aliphatic heterocycles. The maximum absolute atomic E-state index is 13.2. The Morgan fingerprint density at radius 2 is 2.04 bits per heavy atom. The number of nitrogens with zero attached hydrogens (tertiary/aromatic N) is 2. The molecule has 25 heavy (non-hydrogen) atoms. The maximum atomic E-state index is 13.2. The van der Waals surface area contributed by atoms with Crippen LogP contribution in [0.1, 0.15) is 24.8 Å². The van der Waals surface area contributed by atoms with Crippen LogP contribution in [0.4, 0.5) is 0 Å². The lowest BCUT2D eigenvalue weighted by molar-refractivity contribution is -0.134. The van der Waals surface area contributed by atoms with Crippen molar-refractivity contribution in [2.75, 3.05) is 47.0 Å². The Kier molecular flexibility index (Phi) is 6.32. The molecule has 1 aromatic rings. The van der Waals surface area contributed by atoms with Gasteiger partial charge in [-0.25, -0.2) is 0 Å². The lowest BCUT2D eigenvalue weighted by atomic mass is 9.99. The molecule has 0 N–H and O–H groups in total. The summed E-state index contributed by atoms with van der Waals surface area (Å²) >= 11 is 0. The molecule has 2 heterocycles. The third kappa shape index (κ3) is 4.73. The van der Waals surface area contributed by atoms with Gasteiger partial charge in [0.05, 0.1) is 20.1 Å². The van der Waals surface area contributed by atoms with Crippen LogP contribution in [-0.2, 0) is 16.0 Å². The standard InChI is InChI=1S/C20H30N2O3/c1-21-10-7-18(8-11-21)22(14-16-9-12-25-15-16)20(23)13-17-5-3-4-6-19(17)24-2/h3-6,16,18H,7-15H2,1-2H3. The predicted octanol–water partition coefficient (Wildman–Crippen LogP) is 2.20. The van der Waals surface area contributed by atoms with Crippen LogP contribution in [0.5, 0.6) is 5.75 Å². The minimum atomic E-state index is 0.214. The summed E-state index contributed by atoms with van der Waals surface area (Å²) in [5.41, 5.74) is 0.968. The molecular weight excluding hydrogens is 316 g/mol. The highest BCUT2D eigenvalue weighted by molar-refractivity contribution is 5.80. The Labute approximate surface area is 150 Å². The first-order valence-electron chi connectivity index (χ1n) is 9.35. The second-order valence-corrected chi connectivity index (χ2v) is 7.30. The van der Waals surface area contributed by atoms with E-state index in [2.05, 4.69) is 16.8 Å². The zero-order valence-corrected chi connectivity index (χ0v) is 15.4. The van der Waals surface area contributed by atoms with Crippen molar-refractivity contribution in [1.29, 1.82) is 0 Å². The summed E-state index contributed by atoms with van der Waals surface area (Å²) < 4.78 is 11.0. The van der Waals surface area contributed by atoms with Gasteiger partial charge in [0.25, 0.3) is 0 Å². The van der Waals surface area contributed by atoms with Crippen molar-refractivity contribution in [3.05, 3.63) is 29.8 Å². The zero-order valence-electron chi connectivity index (χ0n) is 15.4. The number of para-hydroxylation sites is 1. The van der Waals surface area contributed by atoms with E-state index in [1.807, 2.05) is 24.3 Å². The fourth-order valence-electron chi connectivity index (χ4n) is 3.88. The van der Waals surface area contributed by atoms with Crippen molar-refractivity contribution in [3.8, 4) is 5.75 Å². The first-order chi connectivity index (χ1) is 12.2. The van der Waals surface area contributed by atoms with Gasteiger partial charge in [0.15, 0.2) is 0 Å². The number of carbonyl (C=O) groups is 1. The van der Waals surface area contributed by atoms with Crippen molar-refractivity contribution < 1.29 is 14.3 Å². The molecular formula is C20H30N2O3. The van der Waals surface area contributed by atoms with E-state index in [9.17, 15) is 4.79 Å². The Morgan fingerprint density at radius 1 is 1.28 bits per heavy atom. The average Bonchev–Trinajstić information content (AvgIpc) is 3.14. The van der Waals surface area contributed by atoms with Crippen LogP contribution >= 0.6 is 0 Å². The van der Waals surface area contributed by atoms with Crippen LogP contribution in [0.25, 0.3) is 0 Å². The van der Waals surface area contributed by atoms with Crippen molar-refractivity contribution >= 4 is 5.91 Å². The van der Waals surface area contributed by atoms with Gasteiger partial charge in [0.1, 0.15) is 5.75 Å². The van der Waals surface area contributed by atoms with Crippen LogP contribution in [0.15, 0.2) is 24.3 Å². The van der Waals surface area contributed by atoms with Crippen LogP contribution < -0.4 is 4.74 Å². The molecule has 2 aliphatic rings. The number of rotatable bonds is 6. The van der Waals surface area contributed by atoms with Gasteiger partial charge in [-0.15, -0.1) is 0 Å². The Hall–Kier alpha value is -1.59. The van der Waals surface area contributed by atoms with Gasteiger partial charge in [-0.2, -0.15) is 0 Å². The summed E-state index contributed by atoms with van der Waals surface area (Å²) in [7, 11) is 3.82. The van der Waals surface area contributed by atoms with Crippen LogP contribution in [0.2, 0.25) is 0 Å². The summed E-state index contributed by atoms with van der Waals surface area (Å²) in [5.74, 6) is 1.48. The minimum absolute atomic E-state index is 0.214. The molecule has 5 heteroatoms. The van der Waals surface area contributed by atoms with Crippen molar-refractivity contribution in [2.24, 2.45) is 5.92 Å². The molecule has 0 bridgehead atoms. The highest BCUT2D eigenvalue weighted by Gasteiger charge is 2.30. The average molecular weight is 346 g/mol. The van der Waals surface area contributed by atoms with E-state index in [1.165, 1.54) is 0 Å². The summed E-state index contributed by atoms with van der Waals surface area (Å²) in [4.78, 5) is 17.6. The van der Waals surface area contributed by atoms with Gasteiger partial charge in [-0.3, -0.25) is 4.79 Å². The number of likely N-dealkylation sites (tertiary alicyclic amines) is 1. The smallest absolute Gasteiger partial charge is 0.227 e. The molecule has 0 radical (unpaired) electrons. The summed E-state index contributed by atoms with van der Waals surface area (Å²) in [6.07, 6.45) is 3.58. The molecule has 0 saturated carbocycles. The van der Waals surface area contributed by atoms with Crippen molar-refractivity contribution in [2.45, 2.75) is 31.7 Å². The molecule has 138 valence electrons. The Balaban J connectivity index is 1.71. The Morgan fingerprint density at radius 3 is 2.72 bits per heavy atom. The van der Waals surface area contributed by atoms with E-state index < -0.39 is 0 Å². The lowest BCUT2D eigenvalue weighted by Gasteiger charge is -2.38. The monoisotopic (exact) mass is 346 g/mol. The van der Waals surface area contributed by atoms with Gasteiger partial charge < -0.3 is 19.3 Å². The largest absolute Gasteiger partial charge is 0.496 e. The number of ether oxygens (including phenoxy) is 2. The second-order valence-electron chi connectivity index (χ2n) is 7.30. The third-order valence-corrected chi connectivity index (χ3v) is 5.46. The maximum Gasteiger partial charge on any atom is 0.227 e. The summed E-state index contributed by atoms with van der Waals surface area (Å²) in [6.45, 7) is 4.55. The highest BCUT2D eigenvalue weighted by Crippen LogP contribution is 2.24. The molecule has 1 unspecified atom stereocenters. The van der Waals surface area contributed by atoms with Crippen LogP contribution in [0, 0.1) is 5.92 Å². The predicted molar refractivity (Wildman–Crippen MR) is 97.9 cm³/mol. The second kappa shape index (κ2) is 8.68. The van der Waals surface area contributed by atoms with Gasteiger partial charge in [0.2, 0.25) is 5.91 Å². The van der Waals surface area contributed by atoms with E-state index in [-0.39, 0.29) is 5.91 Å². The van der Waals surface area contributed by atoms with E-state index in [1.54, 1.807) is 7.11 Å². The first-order valence-corrected chi connectivity index (χ1v) is 9.35. The van der Waals surface area contributed by atoms with Crippen molar-refractivity contribution in [3.63, 3.8) is 0 Å². The van der Waals surface area contributed by atoms with E-state index in [4.69, 9.17) is 9.47 Å².